The van der Waals surface area contributed by atoms with Gasteiger partial charge >= 0.3 is 5.97 Å². The Kier molecular flexibility index (Phi) is 10.6. The van der Waals surface area contributed by atoms with E-state index in [4.69, 9.17) is 9.47 Å². The topological polar surface area (TPSA) is 105 Å². The van der Waals surface area contributed by atoms with Crippen molar-refractivity contribution >= 4 is 27.6 Å². The fourth-order valence-electron chi connectivity index (χ4n) is 3.60. The Morgan fingerprint density at radius 1 is 1.12 bits per heavy atom. The second-order valence-electron chi connectivity index (χ2n) is 7.86. The van der Waals surface area contributed by atoms with Gasteiger partial charge in [0.15, 0.2) is 0 Å². The van der Waals surface area contributed by atoms with Crippen LogP contribution in [0, 0.1) is 6.92 Å². The highest BCUT2D eigenvalue weighted by molar-refractivity contribution is 7.89. The van der Waals surface area contributed by atoms with E-state index in [0.29, 0.717) is 37.5 Å². The lowest BCUT2D eigenvalue weighted by Gasteiger charge is -2.22. The van der Waals surface area contributed by atoms with Crippen LogP contribution in [0.4, 0.5) is 5.69 Å². The third kappa shape index (κ3) is 7.84. The lowest BCUT2D eigenvalue weighted by molar-refractivity contribution is -0.144. The van der Waals surface area contributed by atoms with Crippen LogP contribution < -0.4 is 5.32 Å². The van der Waals surface area contributed by atoms with E-state index in [2.05, 4.69) is 5.32 Å². The van der Waals surface area contributed by atoms with Crippen molar-refractivity contribution in [3.8, 4) is 0 Å². The second kappa shape index (κ2) is 12.9. The molecule has 0 aromatic heterocycles. The molecule has 1 aliphatic rings. The van der Waals surface area contributed by atoms with Gasteiger partial charge in [-0.25, -0.2) is 8.42 Å². The number of hydrogen-bond acceptors (Lipinski definition) is 7. The highest BCUT2D eigenvalue weighted by Gasteiger charge is 2.27. The summed E-state index contributed by atoms with van der Waals surface area (Å²) in [4.78, 5) is 26.3. The minimum atomic E-state index is -3.64. The summed E-state index contributed by atoms with van der Waals surface area (Å²) in [5.41, 5.74) is 1.04. The Labute approximate surface area is 191 Å². The predicted molar refractivity (Wildman–Crippen MR) is 122 cm³/mol. The van der Waals surface area contributed by atoms with Crippen LogP contribution in [0.15, 0.2) is 23.1 Å². The Balaban J connectivity index is 2.11. The fourth-order valence-corrected chi connectivity index (χ4v) is 5.37. The molecule has 1 aliphatic heterocycles. The highest BCUT2D eigenvalue weighted by atomic mass is 32.2. The normalized spacial score (nSPS) is 15.4. The number of nitrogens with one attached hydrogen (secondary N) is 1. The summed E-state index contributed by atoms with van der Waals surface area (Å²) in [7, 11) is -2.09. The van der Waals surface area contributed by atoms with E-state index in [0.717, 1.165) is 25.7 Å². The van der Waals surface area contributed by atoms with Crippen molar-refractivity contribution in [2.75, 3.05) is 58.4 Å². The number of nitrogens with zero attached hydrogens (tertiary/aromatic N) is 2. The molecule has 0 aliphatic carbocycles. The Hall–Kier alpha value is -2.01. The summed E-state index contributed by atoms with van der Waals surface area (Å²) in [5.74, 6) is -0.773. The third-order valence-corrected chi connectivity index (χ3v) is 7.33. The molecule has 2 rings (SSSR count). The SMILES string of the molecule is CCOC(=O)CN(CCOC)CC(=O)Nc1ccc(C)c(S(=O)(=O)N2CCCCCC2)c1. The van der Waals surface area contributed by atoms with Crippen LogP contribution >= 0.6 is 0 Å². The standard InChI is InChI=1S/C22H35N3O6S/c1-4-31-22(27)17-24(13-14-30-3)16-21(26)23-19-10-9-18(2)20(15-19)32(28,29)25-11-7-5-6-8-12-25/h9-10,15H,4-8,11-14,16-17H2,1-3H3,(H,23,26). The van der Waals surface area contributed by atoms with Gasteiger partial charge in [0.1, 0.15) is 0 Å². The number of rotatable bonds is 11. The average Bonchev–Trinajstić information content (AvgIpc) is 3.03. The highest BCUT2D eigenvalue weighted by Crippen LogP contribution is 2.25. The lowest BCUT2D eigenvalue weighted by atomic mass is 10.2. The number of anilines is 1. The maximum absolute atomic E-state index is 13.2. The Bertz CT molecular complexity index is 866. The maximum Gasteiger partial charge on any atom is 0.320 e. The van der Waals surface area contributed by atoms with Gasteiger partial charge in [0, 0.05) is 32.4 Å². The van der Waals surface area contributed by atoms with Gasteiger partial charge in [0.05, 0.1) is 31.2 Å². The van der Waals surface area contributed by atoms with Gasteiger partial charge in [-0.1, -0.05) is 18.9 Å². The molecule has 1 N–H and O–H groups in total. The summed E-state index contributed by atoms with van der Waals surface area (Å²) in [6.45, 7) is 5.42. The molecule has 0 spiro atoms. The Morgan fingerprint density at radius 2 is 1.81 bits per heavy atom. The molecule has 1 saturated heterocycles. The van der Waals surface area contributed by atoms with Crippen molar-refractivity contribution < 1.29 is 27.5 Å². The van der Waals surface area contributed by atoms with Gasteiger partial charge in [0.25, 0.3) is 0 Å². The van der Waals surface area contributed by atoms with Crippen molar-refractivity contribution in [1.29, 1.82) is 0 Å². The van der Waals surface area contributed by atoms with Crippen molar-refractivity contribution in [2.24, 2.45) is 0 Å². The van der Waals surface area contributed by atoms with Crippen molar-refractivity contribution in [3.05, 3.63) is 23.8 Å². The van der Waals surface area contributed by atoms with Gasteiger partial charge in [0.2, 0.25) is 15.9 Å². The van der Waals surface area contributed by atoms with E-state index >= 15 is 0 Å². The van der Waals surface area contributed by atoms with E-state index < -0.39 is 16.0 Å². The van der Waals surface area contributed by atoms with E-state index in [1.807, 2.05) is 0 Å². The molecule has 0 radical (unpaired) electrons. The van der Waals surface area contributed by atoms with Crippen LogP contribution in [0.2, 0.25) is 0 Å². The van der Waals surface area contributed by atoms with Crippen LogP contribution in [0.25, 0.3) is 0 Å². The first kappa shape index (κ1) is 26.2. The first-order chi connectivity index (χ1) is 15.3. The number of amides is 1. The summed E-state index contributed by atoms with van der Waals surface area (Å²) in [6, 6.07) is 4.89. The molecule has 0 bridgehead atoms. The molecule has 1 aromatic rings. The van der Waals surface area contributed by atoms with Crippen LogP contribution in [-0.4, -0.2) is 82.5 Å². The largest absolute Gasteiger partial charge is 0.465 e. The Morgan fingerprint density at radius 3 is 2.44 bits per heavy atom. The van der Waals surface area contributed by atoms with Gasteiger partial charge in [-0.3, -0.25) is 14.5 Å². The number of methoxy groups -OCH3 is 1. The molecule has 0 saturated carbocycles. The summed E-state index contributed by atoms with van der Waals surface area (Å²) in [5, 5.41) is 2.75. The number of benzene rings is 1. The number of carbonyl (C=O) groups is 2. The summed E-state index contributed by atoms with van der Waals surface area (Å²) >= 11 is 0. The third-order valence-electron chi connectivity index (χ3n) is 5.29. The molecule has 0 atom stereocenters. The lowest BCUT2D eigenvalue weighted by Crippen LogP contribution is -2.39. The molecule has 180 valence electrons. The zero-order valence-electron chi connectivity index (χ0n) is 19.3. The quantitative estimate of drug-likeness (QED) is 0.494. The molecule has 1 amide bonds. The van der Waals surface area contributed by atoms with E-state index in [9.17, 15) is 18.0 Å². The molecule has 9 nitrogen and oxygen atoms in total. The molecule has 1 heterocycles. The number of carbonyl (C=O) groups excluding carboxylic acids is 2. The number of aryl methyl sites for hydroxylation is 1. The number of ether oxygens (including phenoxy) is 2. The number of sulfonamides is 1. The van der Waals surface area contributed by atoms with Gasteiger partial charge in [-0.15, -0.1) is 0 Å². The van der Waals surface area contributed by atoms with E-state index in [1.54, 1.807) is 42.3 Å². The van der Waals surface area contributed by atoms with Crippen molar-refractivity contribution in [1.82, 2.24) is 9.21 Å². The summed E-state index contributed by atoms with van der Waals surface area (Å²) < 4.78 is 38.0. The summed E-state index contributed by atoms with van der Waals surface area (Å²) in [6.07, 6.45) is 3.78. The first-order valence-corrected chi connectivity index (χ1v) is 12.5. The fraction of sp³-hybridized carbons (Fsp3) is 0.636. The molecule has 1 aromatic carbocycles. The van der Waals surface area contributed by atoms with E-state index in [1.165, 1.54) is 6.07 Å². The maximum atomic E-state index is 13.2. The van der Waals surface area contributed by atoms with Gasteiger partial charge in [-0.05, 0) is 44.4 Å². The van der Waals surface area contributed by atoms with Gasteiger partial charge in [-0.2, -0.15) is 4.31 Å². The van der Waals surface area contributed by atoms with Crippen LogP contribution in [-0.2, 0) is 29.1 Å². The average molecular weight is 470 g/mol. The second-order valence-corrected chi connectivity index (χ2v) is 9.76. The number of esters is 1. The van der Waals surface area contributed by atoms with Crippen LogP contribution in [0.3, 0.4) is 0 Å². The van der Waals surface area contributed by atoms with Crippen molar-refractivity contribution in [3.63, 3.8) is 0 Å². The molecular formula is C22H35N3O6S. The van der Waals surface area contributed by atoms with Crippen LogP contribution in [0.5, 0.6) is 0 Å². The van der Waals surface area contributed by atoms with Crippen LogP contribution in [0.1, 0.15) is 38.2 Å². The molecular weight excluding hydrogens is 434 g/mol. The minimum absolute atomic E-state index is 0.0346. The smallest absolute Gasteiger partial charge is 0.320 e. The van der Waals surface area contributed by atoms with Gasteiger partial charge < -0.3 is 14.8 Å². The van der Waals surface area contributed by atoms with Crippen molar-refractivity contribution in [2.45, 2.75) is 44.4 Å². The molecule has 0 unspecified atom stereocenters. The minimum Gasteiger partial charge on any atom is -0.465 e. The predicted octanol–water partition coefficient (Wildman–Crippen LogP) is 2.01. The molecule has 10 heteroatoms. The monoisotopic (exact) mass is 469 g/mol. The first-order valence-electron chi connectivity index (χ1n) is 11.1. The zero-order chi connectivity index (χ0) is 23.6. The number of hydrogen-bond donors (Lipinski definition) is 1. The molecule has 32 heavy (non-hydrogen) atoms. The molecule has 1 fully saturated rings. The zero-order valence-corrected chi connectivity index (χ0v) is 20.1. The van der Waals surface area contributed by atoms with E-state index in [-0.39, 0.29) is 30.5 Å².